The molecule has 0 saturated heterocycles. The van der Waals surface area contributed by atoms with Gasteiger partial charge in [-0.2, -0.15) is 0 Å². The summed E-state index contributed by atoms with van der Waals surface area (Å²) in [6.07, 6.45) is 6.19. The summed E-state index contributed by atoms with van der Waals surface area (Å²) in [5, 5.41) is 16.0. The number of amides is 2. The minimum atomic E-state index is -0.794. The standard InChI is InChI=1S/C16H21N3O4/c1-11-8-9-13(19(22)23)10-14(11)18-16(21)15(20)17-12-6-4-2-3-5-7-12/h8-10,12H,2-7H2,1H3,(H,17,20)(H,18,21). The van der Waals surface area contributed by atoms with E-state index in [1.807, 2.05) is 0 Å². The Bertz CT molecular complexity index is 607. The van der Waals surface area contributed by atoms with E-state index in [0.717, 1.165) is 38.5 Å². The molecule has 2 N–H and O–H groups in total. The van der Waals surface area contributed by atoms with Gasteiger partial charge in [-0.1, -0.05) is 31.7 Å². The third-order valence-electron chi connectivity index (χ3n) is 4.08. The van der Waals surface area contributed by atoms with Gasteiger partial charge in [-0.15, -0.1) is 0 Å². The van der Waals surface area contributed by atoms with Crippen LogP contribution in [0.3, 0.4) is 0 Å². The number of anilines is 1. The molecule has 0 aliphatic heterocycles. The maximum absolute atomic E-state index is 12.0. The highest BCUT2D eigenvalue weighted by Gasteiger charge is 2.21. The Morgan fingerprint density at radius 2 is 1.78 bits per heavy atom. The van der Waals surface area contributed by atoms with E-state index in [2.05, 4.69) is 10.6 Å². The molecular weight excluding hydrogens is 298 g/mol. The summed E-state index contributed by atoms with van der Waals surface area (Å²) in [5.74, 6) is -1.49. The Hall–Kier alpha value is -2.44. The van der Waals surface area contributed by atoms with Gasteiger partial charge in [-0.3, -0.25) is 19.7 Å². The highest BCUT2D eigenvalue weighted by molar-refractivity contribution is 6.39. The highest BCUT2D eigenvalue weighted by Crippen LogP contribution is 2.22. The smallest absolute Gasteiger partial charge is 0.313 e. The van der Waals surface area contributed by atoms with Gasteiger partial charge in [0.25, 0.3) is 5.69 Å². The minimum Gasteiger partial charge on any atom is -0.345 e. The van der Waals surface area contributed by atoms with Gasteiger partial charge in [0.2, 0.25) is 0 Å². The molecule has 0 heterocycles. The average Bonchev–Trinajstić information content (AvgIpc) is 2.77. The van der Waals surface area contributed by atoms with Gasteiger partial charge in [0.05, 0.1) is 10.6 Å². The number of non-ortho nitro benzene ring substituents is 1. The molecule has 0 aromatic heterocycles. The van der Waals surface area contributed by atoms with Gasteiger partial charge < -0.3 is 10.6 Å². The van der Waals surface area contributed by atoms with E-state index in [0.29, 0.717) is 5.56 Å². The maximum Gasteiger partial charge on any atom is 0.313 e. The average molecular weight is 319 g/mol. The minimum absolute atomic E-state index is 0.0296. The van der Waals surface area contributed by atoms with Crippen LogP contribution in [0.1, 0.15) is 44.1 Å². The Kier molecular flexibility index (Phi) is 5.67. The number of nitrogens with one attached hydrogen (secondary N) is 2. The fraction of sp³-hybridized carbons (Fsp3) is 0.500. The molecule has 23 heavy (non-hydrogen) atoms. The van der Waals surface area contributed by atoms with Crippen molar-refractivity contribution in [3.05, 3.63) is 33.9 Å². The van der Waals surface area contributed by atoms with Crippen molar-refractivity contribution in [1.29, 1.82) is 0 Å². The summed E-state index contributed by atoms with van der Waals surface area (Å²) < 4.78 is 0. The first kappa shape index (κ1) is 16.9. The number of hydrogen-bond acceptors (Lipinski definition) is 4. The van der Waals surface area contributed by atoms with E-state index in [1.54, 1.807) is 6.92 Å². The lowest BCUT2D eigenvalue weighted by Crippen LogP contribution is -2.41. The van der Waals surface area contributed by atoms with E-state index in [9.17, 15) is 19.7 Å². The van der Waals surface area contributed by atoms with Gasteiger partial charge in [-0.25, -0.2) is 0 Å². The third kappa shape index (κ3) is 4.77. The molecule has 1 saturated carbocycles. The second-order valence-electron chi connectivity index (χ2n) is 5.87. The molecule has 1 fully saturated rings. The van der Waals surface area contributed by atoms with Crippen LogP contribution in [-0.2, 0) is 9.59 Å². The SMILES string of the molecule is Cc1ccc([N+](=O)[O-])cc1NC(=O)C(=O)NC1CCCCCC1. The van der Waals surface area contributed by atoms with E-state index >= 15 is 0 Å². The second-order valence-corrected chi connectivity index (χ2v) is 5.87. The number of benzene rings is 1. The molecule has 2 amide bonds. The van der Waals surface area contributed by atoms with Crippen LogP contribution in [0.25, 0.3) is 0 Å². The number of nitro benzene ring substituents is 1. The van der Waals surface area contributed by atoms with Gasteiger partial charge in [0.1, 0.15) is 0 Å². The van der Waals surface area contributed by atoms with Crippen LogP contribution in [0, 0.1) is 17.0 Å². The maximum atomic E-state index is 12.0. The zero-order valence-electron chi connectivity index (χ0n) is 13.1. The normalized spacial score (nSPS) is 15.5. The van der Waals surface area contributed by atoms with E-state index in [-0.39, 0.29) is 17.4 Å². The number of aryl methyl sites for hydroxylation is 1. The molecule has 1 aliphatic carbocycles. The number of hydrogen-bond donors (Lipinski definition) is 2. The summed E-state index contributed by atoms with van der Waals surface area (Å²) in [6, 6.07) is 4.18. The number of nitro groups is 1. The molecule has 1 aliphatic rings. The molecule has 0 radical (unpaired) electrons. The molecule has 2 rings (SSSR count). The molecule has 7 nitrogen and oxygen atoms in total. The molecule has 0 atom stereocenters. The van der Waals surface area contributed by atoms with E-state index in [1.165, 1.54) is 18.2 Å². The van der Waals surface area contributed by atoms with Gasteiger partial charge >= 0.3 is 11.8 Å². The highest BCUT2D eigenvalue weighted by atomic mass is 16.6. The number of carbonyl (C=O) groups excluding carboxylic acids is 2. The molecule has 7 heteroatoms. The fourth-order valence-electron chi connectivity index (χ4n) is 2.71. The Balaban J connectivity index is 1.99. The van der Waals surface area contributed by atoms with Crippen molar-refractivity contribution in [3.63, 3.8) is 0 Å². The topological polar surface area (TPSA) is 101 Å². The monoisotopic (exact) mass is 319 g/mol. The van der Waals surface area contributed by atoms with E-state index in [4.69, 9.17) is 0 Å². The largest absolute Gasteiger partial charge is 0.345 e. The molecule has 0 bridgehead atoms. The fourth-order valence-corrected chi connectivity index (χ4v) is 2.71. The van der Waals surface area contributed by atoms with Crippen LogP contribution < -0.4 is 10.6 Å². The Labute approximate surface area is 134 Å². The predicted molar refractivity (Wildman–Crippen MR) is 86.1 cm³/mol. The summed E-state index contributed by atoms with van der Waals surface area (Å²) in [7, 11) is 0. The molecular formula is C16H21N3O4. The lowest BCUT2D eigenvalue weighted by molar-refractivity contribution is -0.384. The molecule has 1 aromatic rings. The van der Waals surface area contributed by atoms with Crippen LogP contribution >= 0.6 is 0 Å². The molecule has 0 spiro atoms. The van der Waals surface area contributed by atoms with Gasteiger partial charge in [-0.05, 0) is 25.3 Å². The first-order valence-corrected chi connectivity index (χ1v) is 7.84. The van der Waals surface area contributed by atoms with Crippen molar-refractivity contribution in [2.75, 3.05) is 5.32 Å². The van der Waals surface area contributed by atoms with Crippen LogP contribution in [-0.4, -0.2) is 22.8 Å². The Morgan fingerprint density at radius 1 is 1.13 bits per heavy atom. The third-order valence-corrected chi connectivity index (χ3v) is 4.08. The van der Waals surface area contributed by atoms with E-state index < -0.39 is 16.7 Å². The Morgan fingerprint density at radius 3 is 2.39 bits per heavy atom. The van der Waals surface area contributed by atoms with Crippen molar-refractivity contribution in [2.45, 2.75) is 51.5 Å². The second kappa shape index (κ2) is 7.71. The summed E-state index contributed by atoms with van der Waals surface area (Å²) >= 11 is 0. The van der Waals surface area contributed by atoms with Crippen LogP contribution in [0.15, 0.2) is 18.2 Å². The predicted octanol–water partition coefficient (Wildman–Crippen LogP) is 2.68. The first-order chi connectivity index (χ1) is 11.0. The summed E-state index contributed by atoms with van der Waals surface area (Å²) in [6.45, 7) is 1.71. The van der Waals surface area contributed by atoms with Crippen LogP contribution in [0.4, 0.5) is 11.4 Å². The van der Waals surface area contributed by atoms with Crippen molar-refractivity contribution in [1.82, 2.24) is 5.32 Å². The lowest BCUT2D eigenvalue weighted by atomic mass is 10.1. The van der Waals surface area contributed by atoms with Crippen molar-refractivity contribution >= 4 is 23.2 Å². The first-order valence-electron chi connectivity index (χ1n) is 7.84. The molecule has 0 unspecified atom stereocenters. The lowest BCUT2D eigenvalue weighted by Gasteiger charge is -2.16. The molecule has 1 aromatic carbocycles. The number of rotatable bonds is 3. The van der Waals surface area contributed by atoms with Gasteiger partial charge in [0.15, 0.2) is 0 Å². The van der Waals surface area contributed by atoms with Crippen LogP contribution in [0.5, 0.6) is 0 Å². The van der Waals surface area contributed by atoms with Crippen molar-refractivity contribution in [2.24, 2.45) is 0 Å². The quantitative estimate of drug-likeness (QED) is 0.387. The summed E-state index contributed by atoms with van der Waals surface area (Å²) in [4.78, 5) is 34.3. The zero-order chi connectivity index (χ0) is 16.8. The van der Waals surface area contributed by atoms with Crippen molar-refractivity contribution in [3.8, 4) is 0 Å². The zero-order valence-corrected chi connectivity index (χ0v) is 13.1. The van der Waals surface area contributed by atoms with Crippen LogP contribution in [0.2, 0.25) is 0 Å². The number of carbonyl (C=O) groups is 2. The number of nitrogens with zero attached hydrogens (tertiary/aromatic N) is 1. The van der Waals surface area contributed by atoms with Crippen molar-refractivity contribution < 1.29 is 14.5 Å². The van der Waals surface area contributed by atoms with Gasteiger partial charge in [0, 0.05) is 18.2 Å². The summed E-state index contributed by atoms with van der Waals surface area (Å²) in [5.41, 5.74) is 0.807. The molecule has 124 valence electrons.